The lowest BCUT2D eigenvalue weighted by Gasteiger charge is -2.12. The molecule has 5 nitrogen and oxygen atoms in total. The minimum Gasteiger partial charge on any atom is -0.327 e. The third-order valence-corrected chi connectivity index (χ3v) is 3.67. The second-order valence-corrected chi connectivity index (χ2v) is 5.71. The summed E-state index contributed by atoms with van der Waals surface area (Å²) >= 11 is 1.67. The van der Waals surface area contributed by atoms with E-state index in [4.69, 9.17) is 5.73 Å². The summed E-state index contributed by atoms with van der Waals surface area (Å²) in [5.74, 6) is 0.950. The van der Waals surface area contributed by atoms with Crippen LogP contribution in [0.2, 0.25) is 0 Å². The fourth-order valence-electron chi connectivity index (χ4n) is 1.88. The fraction of sp³-hybridized carbons (Fsp3) is 0.583. The van der Waals surface area contributed by atoms with Gasteiger partial charge in [0.25, 0.3) is 0 Å². The zero-order chi connectivity index (χ0) is 13.1. The van der Waals surface area contributed by atoms with Gasteiger partial charge in [0.15, 0.2) is 0 Å². The zero-order valence-electron chi connectivity index (χ0n) is 11.0. The second-order valence-electron chi connectivity index (χ2n) is 4.77. The van der Waals surface area contributed by atoms with E-state index in [0.29, 0.717) is 6.04 Å². The summed E-state index contributed by atoms with van der Waals surface area (Å²) < 4.78 is 1.92. The zero-order valence-corrected chi connectivity index (χ0v) is 11.8. The third kappa shape index (κ3) is 3.14. The van der Waals surface area contributed by atoms with Gasteiger partial charge in [0.1, 0.15) is 12.2 Å². The number of hydrogen-bond donors (Lipinski definition) is 1. The second kappa shape index (κ2) is 5.58. The Bertz CT molecular complexity index is 502. The summed E-state index contributed by atoms with van der Waals surface area (Å²) in [6.45, 7) is 6.18. The number of hydrogen-bond acceptors (Lipinski definition) is 5. The average Bonchev–Trinajstić information content (AvgIpc) is 2.87. The molecule has 0 aliphatic rings. The van der Waals surface area contributed by atoms with Crippen molar-refractivity contribution < 1.29 is 0 Å². The highest BCUT2D eigenvalue weighted by molar-refractivity contribution is 7.09. The van der Waals surface area contributed by atoms with Gasteiger partial charge in [0.2, 0.25) is 0 Å². The normalized spacial score (nSPS) is 13.2. The highest BCUT2D eigenvalue weighted by Crippen LogP contribution is 2.13. The summed E-state index contributed by atoms with van der Waals surface area (Å²) in [5, 5.41) is 7.36. The molecule has 0 aromatic carbocycles. The Balaban J connectivity index is 1.98. The fourth-order valence-corrected chi connectivity index (χ4v) is 2.75. The molecule has 0 radical (unpaired) electrons. The van der Waals surface area contributed by atoms with Crippen LogP contribution in [-0.2, 0) is 12.8 Å². The van der Waals surface area contributed by atoms with Gasteiger partial charge in [-0.05, 0) is 20.8 Å². The molecule has 98 valence electrons. The van der Waals surface area contributed by atoms with E-state index in [-0.39, 0.29) is 6.04 Å². The van der Waals surface area contributed by atoms with Crippen LogP contribution in [-0.4, -0.2) is 25.8 Å². The van der Waals surface area contributed by atoms with Crippen molar-refractivity contribution in [3.8, 4) is 0 Å². The molecule has 6 heteroatoms. The molecule has 2 N–H and O–H groups in total. The number of thiazole rings is 1. The van der Waals surface area contributed by atoms with Crippen LogP contribution in [0.15, 0.2) is 11.7 Å². The van der Waals surface area contributed by atoms with Gasteiger partial charge in [0, 0.05) is 36.0 Å². The van der Waals surface area contributed by atoms with Crippen LogP contribution in [0.5, 0.6) is 0 Å². The van der Waals surface area contributed by atoms with Crippen LogP contribution < -0.4 is 5.73 Å². The van der Waals surface area contributed by atoms with Crippen molar-refractivity contribution in [3.05, 3.63) is 28.2 Å². The summed E-state index contributed by atoms with van der Waals surface area (Å²) in [4.78, 5) is 8.71. The standard InChI is InChI=1S/C12H19N5S/c1-8(2)17-11(14-7-15-17)4-10(13)5-12-16-9(3)6-18-12/h6-8,10H,4-5,13H2,1-3H3. The molecule has 1 unspecified atom stereocenters. The third-order valence-electron chi connectivity index (χ3n) is 2.68. The molecule has 0 bridgehead atoms. The van der Waals surface area contributed by atoms with Crippen LogP contribution in [0.1, 0.15) is 36.4 Å². The topological polar surface area (TPSA) is 69.6 Å². The molecule has 2 aromatic rings. The molecule has 0 saturated heterocycles. The van der Waals surface area contributed by atoms with Crippen LogP contribution >= 0.6 is 11.3 Å². The Labute approximate surface area is 111 Å². The van der Waals surface area contributed by atoms with Crippen molar-refractivity contribution in [3.63, 3.8) is 0 Å². The first-order chi connectivity index (χ1) is 8.56. The Kier molecular flexibility index (Phi) is 4.08. The first-order valence-corrected chi connectivity index (χ1v) is 6.99. The van der Waals surface area contributed by atoms with E-state index >= 15 is 0 Å². The first-order valence-electron chi connectivity index (χ1n) is 6.11. The maximum Gasteiger partial charge on any atom is 0.138 e. The van der Waals surface area contributed by atoms with Crippen molar-refractivity contribution >= 4 is 11.3 Å². The Hall–Kier alpha value is -1.27. The number of aromatic nitrogens is 4. The number of aryl methyl sites for hydroxylation is 1. The van der Waals surface area contributed by atoms with Crippen molar-refractivity contribution in [1.29, 1.82) is 0 Å². The smallest absolute Gasteiger partial charge is 0.138 e. The molecule has 0 spiro atoms. The molecular weight excluding hydrogens is 246 g/mol. The minimum absolute atomic E-state index is 0.0391. The predicted molar refractivity (Wildman–Crippen MR) is 72.6 cm³/mol. The van der Waals surface area contributed by atoms with Gasteiger partial charge >= 0.3 is 0 Å². The average molecular weight is 265 g/mol. The lowest BCUT2D eigenvalue weighted by atomic mass is 10.1. The van der Waals surface area contributed by atoms with E-state index in [0.717, 1.165) is 29.4 Å². The Morgan fingerprint density at radius 2 is 2.17 bits per heavy atom. The van der Waals surface area contributed by atoms with Gasteiger partial charge in [-0.3, -0.25) is 0 Å². The van der Waals surface area contributed by atoms with Gasteiger partial charge in [-0.1, -0.05) is 0 Å². The van der Waals surface area contributed by atoms with Gasteiger partial charge in [0.05, 0.1) is 5.01 Å². The monoisotopic (exact) mass is 265 g/mol. The molecule has 2 aromatic heterocycles. The van der Waals surface area contributed by atoms with Gasteiger partial charge in [-0.15, -0.1) is 11.3 Å². The van der Waals surface area contributed by atoms with E-state index in [1.54, 1.807) is 17.7 Å². The van der Waals surface area contributed by atoms with Crippen LogP contribution in [0, 0.1) is 6.92 Å². The molecule has 0 fully saturated rings. The van der Waals surface area contributed by atoms with Crippen molar-refractivity contribution in [1.82, 2.24) is 19.7 Å². The largest absolute Gasteiger partial charge is 0.327 e. The molecule has 2 heterocycles. The van der Waals surface area contributed by atoms with Gasteiger partial charge < -0.3 is 5.73 Å². The lowest BCUT2D eigenvalue weighted by molar-refractivity contribution is 0.489. The predicted octanol–water partition coefficient (Wildman–Crippen LogP) is 1.74. The Morgan fingerprint density at radius 3 is 2.78 bits per heavy atom. The molecule has 0 aliphatic carbocycles. The van der Waals surface area contributed by atoms with Crippen molar-refractivity contribution in [2.24, 2.45) is 5.73 Å². The maximum absolute atomic E-state index is 6.16. The van der Waals surface area contributed by atoms with E-state index in [1.807, 2.05) is 11.6 Å². The lowest BCUT2D eigenvalue weighted by Crippen LogP contribution is -2.27. The van der Waals surface area contributed by atoms with E-state index in [9.17, 15) is 0 Å². The van der Waals surface area contributed by atoms with Gasteiger partial charge in [-0.25, -0.2) is 14.6 Å². The SMILES string of the molecule is Cc1csc(CC(N)Cc2ncnn2C(C)C)n1. The van der Waals surface area contributed by atoms with E-state index < -0.39 is 0 Å². The molecular formula is C12H19N5S. The molecule has 1 atom stereocenters. The van der Waals surface area contributed by atoms with Crippen LogP contribution in [0.3, 0.4) is 0 Å². The minimum atomic E-state index is 0.0391. The van der Waals surface area contributed by atoms with Gasteiger partial charge in [-0.2, -0.15) is 5.10 Å². The molecule has 18 heavy (non-hydrogen) atoms. The molecule has 2 rings (SSSR count). The number of rotatable bonds is 5. The highest BCUT2D eigenvalue weighted by atomic mass is 32.1. The summed E-state index contributed by atoms with van der Waals surface area (Å²) in [5.41, 5.74) is 7.22. The molecule has 0 aliphatic heterocycles. The van der Waals surface area contributed by atoms with E-state index in [1.165, 1.54) is 0 Å². The quantitative estimate of drug-likeness (QED) is 0.894. The Morgan fingerprint density at radius 1 is 1.39 bits per heavy atom. The summed E-state index contributed by atoms with van der Waals surface area (Å²) in [6, 6.07) is 0.356. The maximum atomic E-state index is 6.16. The van der Waals surface area contributed by atoms with Crippen LogP contribution in [0.4, 0.5) is 0 Å². The molecule has 0 saturated carbocycles. The van der Waals surface area contributed by atoms with Crippen molar-refractivity contribution in [2.75, 3.05) is 0 Å². The number of nitrogens with zero attached hydrogens (tertiary/aromatic N) is 4. The van der Waals surface area contributed by atoms with E-state index in [2.05, 4.69) is 34.3 Å². The highest BCUT2D eigenvalue weighted by Gasteiger charge is 2.13. The number of nitrogens with two attached hydrogens (primary N) is 1. The first kappa shape index (κ1) is 13.2. The van der Waals surface area contributed by atoms with Crippen LogP contribution in [0.25, 0.3) is 0 Å². The van der Waals surface area contributed by atoms with Crippen molar-refractivity contribution in [2.45, 2.75) is 45.7 Å². The summed E-state index contributed by atoms with van der Waals surface area (Å²) in [7, 11) is 0. The summed E-state index contributed by atoms with van der Waals surface area (Å²) in [6.07, 6.45) is 3.12. The molecule has 0 amide bonds.